The second-order valence-electron chi connectivity index (χ2n) is 5.84. The largest absolute Gasteiger partial charge is 0.378 e. The highest BCUT2D eigenvalue weighted by atomic mass is 16.5. The third-order valence-corrected chi connectivity index (χ3v) is 4.43. The van der Waals surface area contributed by atoms with Crippen molar-refractivity contribution >= 4 is 11.6 Å². The molecule has 5 heteroatoms. The number of carbonyl (C=O) groups excluding carboxylic acids is 1. The maximum absolute atomic E-state index is 11.5. The number of likely N-dealkylation sites (tertiary alicyclic amines) is 1. The van der Waals surface area contributed by atoms with Crippen molar-refractivity contribution in [1.82, 2.24) is 9.88 Å². The molecular formula is C16H23N3O2. The van der Waals surface area contributed by atoms with Crippen LogP contribution < -0.4 is 4.90 Å². The maximum Gasteiger partial charge on any atom is 0.219 e. The number of hydrogen-bond donors (Lipinski definition) is 0. The molecule has 21 heavy (non-hydrogen) atoms. The van der Waals surface area contributed by atoms with Crippen LogP contribution in [-0.4, -0.2) is 55.2 Å². The molecule has 2 fully saturated rings. The quantitative estimate of drug-likeness (QED) is 0.830. The highest BCUT2D eigenvalue weighted by molar-refractivity contribution is 5.73. The van der Waals surface area contributed by atoms with Crippen molar-refractivity contribution in [2.45, 2.75) is 25.7 Å². The number of ether oxygens (including phenoxy) is 1. The van der Waals surface area contributed by atoms with Gasteiger partial charge >= 0.3 is 0 Å². The first-order valence-corrected chi connectivity index (χ1v) is 7.78. The average Bonchev–Trinajstić information content (AvgIpc) is 2.56. The van der Waals surface area contributed by atoms with Crippen LogP contribution >= 0.6 is 0 Å². The SMILES string of the molecule is CC(=O)N1CCCC(c2ccc(N3CCOCC3)cn2)C1. The molecule has 3 heterocycles. The van der Waals surface area contributed by atoms with Crippen molar-refractivity contribution in [2.75, 3.05) is 44.3 Å². The molecule has 0 spiro atoms. The highest BCUT2D eigenvalue weighted by Crippen LogP contribution is 2.26. The molecule has 1 amide bonds. The molecule has 0 saturated carbocycles. The van der Waals surface area contributed by atoms with Gasteiger partial charge in [-0.2, -0.15) is 0 Å². The van der Waals surface area contributed by atoms with Crippen LogP contribution in [0.15, 0.2) is 18.3 Å². The zero-order chi connectivity index (χ0) is 14.7. The first-order chi connectivity index (χ1) is 10.2. The number of anilines is 1. The van der Waals surface area contributed by atoms with Gasteiger partial charge in [-0.05, 0) is 25.0 Å². The molecule has 3 rings (SSSR count). The molecule has 0 aromatic carbocycles. The van der Waals surface area contributed by atoms with Crippen LogP contribution in [0.2, 0.25) is 0 Å². The molecule has 2 aliphatic heterocycles. The summed E-state index contributed by atoms with van der Waals surface area (Å²) in [6.07, 6.45) is 4.15. The fourth-order valence-electron chi connectivity index (χ4n) is 3.15. The fourth-order valence-corrected chi connectivity index (χ4v) is 3.15. The molecule has 5 nitrogen and oxygen atoms in total. The lowest BCUT2D eigenvalue weighted by atomic mass is 9.94. The highest BCUT2D eigenvalue weighted by Gasteiger charge is 2.23. The lowest BCUT2D eigenvalue weighted by Gasteiger charge is -2.32. The lowest BCUT2D eigenvalue weighted by molar-refractivity contribution is -0.130. The number of morpholine rings is 1. The Bertz CT molecular complexity index is 483. The Balaban J connectivity index is 1.67. The molecule has 0 bridgehead atoms. The van der Waals surface area contributed by atoms with Crippen molar-refractivity contribution in [3.8, 4) is 0 Å². The first kappa shape index (κ1) is 14.3. The van der Waals surface area contributed by atoms with E-state index in [1.807, 2.05) is 11.1 Å². The van der Waals surface area contributed by atoms with Gasteiger partial charge in [0.05, 0.1) is 25.1 Å². The third-order valence-electron chi connectivity index (χ3n) is 4.43. The third kappa shape index (κ3) is 3.35. The van der Waals surface area contributed by atoms with E-state index in [-0.39, 0.29) is 5.91 Å². The van der Waals surface area contributed by atoms with Gasteiger partial charge in [0.25, 0.3) is 0 Å². The minimum atomic E-state index is 0.171. The van der Waals surface area contributed by atoms with E-state index in [1.165, 1.54) is 5.69 Å². The van der Waals surface area contributed by atoms with Crippen LogP contribution in [0.4, 0.5) is 5.69 Å². The molecule has 114 valence electrons. The van der Waals surface area contributed by atoms with Crippen LogP contribution in [0.25, 0.3) is 0 Å². The minimum Gasteiger partial charge on any atom is -0.378 e. The Labute approximate surface area is 125 Å². The summed E-state index contributed by atoms with van der Waals surface area (Å²) in [5.74, 6) is 0.547. The monoisotopic (exact) mass is 289 g/mol. The predicted molar refractivity (Wildman–Crippen MR) is 81.5 cm³/mol. The zero-order valence-corrected chi connectivity index (χ0v) is 12.6. The van der Waals surface area contributed by atoms with E-state index in [9.17, 15) is 4.79 Å². The van der Waals surface area contributed by atoms with Crippen molar-refractivity contribution in [2.24, 2.45) is 0 Å². The van der Waals surface area contributed by atoms with Crippen LogP contribution in [-0.2, 0) is 9.53 Å². The molecule has 1 aromatic rings. The normalized spacial score (nSPS) is 23.2. The first-order valence-electron chi connectivity index (χ1n) is 7.78. The van der Waals surface area contributed by atoms with E-state index in [1.54, 1.807) is 6.92 Å². The van der Waals surface area contributed by atoms with Gasteiger partial charge in [0.2, 0.25) is 5.91 Å². The van der Waals surface area contributed by atoms with E-state index < -0.39 is 0 Å². The zero-order valence-electron chi connectivity index (χ0n) is 12.6. The fraction of sp³-hybridized carbons (Fsp3) is 0.625. The average molecular weight is 289 g/mol. The number of hydrogen-bond acceptors (Lipinski definition) is 4. The van der Waals surface area contributed by atoms with Gasteiger partial charge in [-0.15, -0.1) is 0 Å². The number of piperidine rings is 1. The Morgan fingerprint density at radius 1 is 1.29 bits per heavy atom. The summed E-state index contributed by atoms with van der Waals surface area (Å²) < 4.78 is 5.37. The summed E-state index contributed by atoms with van der Waals surface area (Å²) in [6, 6.07) is 4.28. The van der Waals surface area contributed by atoms with Crippen molar-refractivity contribution in [3.63, 3.8) is 0 Å². The number of nitrogens with zero attached hydrogens (tertiary/aromatic N) is 3. The number of carbonyl (C=O) groups is 1. The van der Waals surface area contributed by atoms with Gasteiger partial charge in [-0.25, -0.2) is 0 Å². The van der Waals surface area contributed by atoms with Gasteiger partial charge in [0.15, 0.2) is 0 Å². The lowest BCUT2D eigenvalue weighted by Crippen LogP contribution is -2.38. The number of amides is 1. The van der Waals surface area contributed by atoms with E-state index >= 15 is 0 Å². The molecule has 2 aliphatic rings. The van der Waals surface area contributed by atoms with Crippen LogP contribution in [0.3, 0.4) is 0 Å². The topological polar surface area (TPSA) is 45.7 Å². The Morgan fingerprint density at radius 3 is 2.76 bits per heavy atom. The summed E-state index contributed by atoms with van der Waals surface area (Å²) in [7, 11) is 0. The molecule has 1 unspecified atom stereocenters. The molecule has 1 aromatic heterocycles. The van der Waals surface area contributed by atoms with Crippen LogP contribution in [0.1, 0.15) is 31.4 Å². The Hall–Kier alpha value is -1.62. The Kier molecular flexibility index (Phi) is 4.39. The van der Waals surface area contributed by atoms with Gasteiger partial charge in [-0.3, -0.25) is 9.78 Å². The van der Waals surface area contributed by atoms with Crippen molar-refractivity contribution in [3.05, 3.63) is 24.0 Å². The molecule has 1 atom stereocenters. The standard InChI is InChI=1S/C16H23N3O2/c1-13(20)19-6-2-3-14(12-19)16-5-4-15(11-17-16)18-7-9-21-10-8-18/h4-5,11,14H,2-3,6-10,12H2,1H3. The summed E-state index contributed by atoms with van der Waals surface area (Å²) in [5, 5.41) is 0. The maximum atomic E-state index is 11.5. The van der Waals surface area contributed by atoms with Crippen LogP contribution in [0.5, 0.6) is 0 Å². The number of rotatable bonds is 2. The van der Waals surface area contributed by atoms with E-state index in [0.717, 1.165) is 57.9 Å². The second-order valence-corrected chi connectivity index (χ2v) is 5.84. The Morgan fingerprint density at radius 2 is 2.10 bits per heavy atom. The molecule has 0 N–H and O–H groups in total. The van der Waals surface area contributed by atoms with E-state index in [0.29, 0.717) is 5.92 Å². The molecular weight excluding hydrogens is 266 g/mol. The number of pyridine rings is 1. The summed E-state index contributed by atoms with van der Waals surface area (Å²) in [4.78, 5) is 20.4. The van der Waals surface area contributed by atoms with Gasteiger partial charge in [-0.1, -0.05) is 0 Å². The van der Waals surface area contributed by atoms with Gasteiger partial charge in [0.1, 0.15) is 0 Å². The van der Waals surface area contributed by atoms with Gasteiger partial charge in [0, 0.05) is 44.7 Å². The number of aromatic nitrogens is 1. The summed E-state index contributed by atoms with van der Waals surface area (Å²) in [6.45, 7) is 6.79. The second kappa shape index (κ2) is 6.43. The smallest absolute Gasteiger partial charge is 0.219 e. The molecule has 0 aliphatic carbocycles. The van der Waals surface area contributed by atoms with E-state index in [4.69, 9.17) is 4.74 Å². The molecule has 0 radical (unpaired) electrons. The van der Waals surface area contributed by atoms with Crippen molar-refractivity contribution in [1.29, 1.82) is 0 Å². The predicted octanol–water partition coefficient (Wildman–Crippen LogP) is 1.64. The van der Waals surface area contributed by atoms with Crippen molar-refractivity contribution < 1.29 is 9.53 Å². The summed E-state index contributed by atoms with van der Waals surface area (Å²) >= 11 is 0. The minimum absolute atomic E-state index is 0.171. The van der Waals surface area contributed by atoms with Crippen LogP contribution in [0, 0.1) is 0 Å². The van der Waals surface area contributed by atoms with Gasteiger partial charge < -0.3 is 14.5 Å². The molecule has 2 saturated heterocycles. The summed E-state index contributed by atoms with van der Waals surface area (Å²) in [5.41, 5.74) is 2.28. The van der Waals surface area contributed by atoms with E-state index in [2.05, 4.69) is 22.0 Å².